The van der Waals surface area contributed by atoms with Crippen molar-refractivity contribution in [3.8, 4) is 0 Å². The summed E-state index contributed by atoms with van der Waals surface area (Å²) in [5.41, 5.74) is 7.17. The van der Waals surface area contributed by atoms with Gasteiger partial charge in [0.1, 0.15) is 0 Å². The highest BCUT2D eigenvalue weighted by Crippen LogP contribution is 2.38. The Balaban J connectivity index is 2.37. The number of likely N-dealkylation sites (tertiary alicyclic amines) is 1. The minimum Gasteiger partial charge on any atom is -0.330 e. The molecule has 0 bridgehead atoms. The number of rotatable bonds is 2. The van der Waals surface area contributed by atoms with Crippen molar-refractivity contribution in [2.45, 2.75) is 18.9 Å². The maximum atomic E-state index is 6.10. The monoisotopic (exact) mass is 316 g/mol. The summed E-state index contributed by atoms with van der Waals surface area (Å²) in [5.74, 6) is 0.517. The van der Waals surface area contributed by atoms with Gasteiger partial charge in [0, 0.05) is 15.5 Å². The lowest BCUT2D eigenvalue weighted by molar-refractivity contribution is 0.125. The summed E-state index contributed by atoms with van der Waals surface area (Å²) >= 11 is 9.73. The highest BCUT2D eigenvalue weighted by atomic mass is 79.9. The van der Waals surface area contributed by atoms with Gasteiger partial charge < -0.3 is 5.73 Å². The number of halogens is 2. The third-order valence-corrected chi connectivity index (χ3v) is 4.54. The van der Waals surface area contributed by atoms with E-state index in [1.165, 1.54) is 18.4 Å². The number of benzene rings is 1. The molecule has 0 radical (unpaired) electrons. The van der Waals surface area contributed by atoms with E-state index in [9.17, 15) is 0 Å². The van der Waals surface area contributed by atoms with Crippen LogP contribution in [0.4, 0.5) is 0 Å². The van der Waals surface area contributed by atoms with E-state index < -0.39 is 0 Å². The van der Waals surface area contributed by atoms with Crippen LogP contribution in [-0.2, 0) is 0 Å². The molecule has 1 aliphatic rings. The molecule has 1 fully saturated rings. The molecule has 2 N–H and O–H groups in total. The number of nitrogens with two attached hydrogens (primary N) is 1. The fourth-order valence-corrected chi connectivity index (χ4v) is 3.40. The van der Waals surface area contributed by atoms with Crippen LogP contribution in [0.15, 0.2) is 22.7 Å². The van der Waals surface area contributed by atoms with Crippen molar-refractivity contribution in [2.24, 2.45) is 11.7 Å². The lowest BCUT2D eigenvalue weighted by Gasteiger charge is -2.39. The molecule has 0 saturated carbocycles. The van der Waals surface area contributed by atoms with Gasteiger partial charge in [-0.1, -0.05) is 27.5 Å². The summed E-state index contributed by atoms with van der Waals surface area (Å²) in [4.78, 5) is 2.39. The molecular formula is C13H18BrClN2. The summed E-state index contributed by atoms with van der Waals surface area (Å²) in [7, 11) is 2.17. The first-order valence-corrected chi connectivity index (χ1v) is 7.16. The minimum absolute atomic E-state index is 0.377. The summed E-state index contributed by atoms with van der Waals surface area (Å²) in [6.45, 7) is 1.86. The first kappa shape index (κ1) is 13.3. The zero-order valence-electron chi connectivity index (χ0n) is 10.00. The first-order valence-electron chi connectivity index (χ1n) is 5.98. The van der Waals surface area contributed by atoms with E-state index in [1.54, 1.807) is 0 Å². The van der Waals surface area contributed by atoms with E-state index >= 15 is 0 Å². The predicted octanol–water partition coefficient (Wildman–Crippen LogP) is 3.44. The Bertz CT molecular complexity index is 397. The van der Waals surface area contributed by atoms with Gasteiger partial charge in [-0.3, -0.25) is 4.90 Å². The van der Waals surface area contributed by atoms with Gasteiger partial charge in [-0.25, -0.2) is 0 Å². The Morgan fingerprint density at radius 3 is 3.00 bits per heavy atom. The molecule has 1 saturated heterocycles. The number of hydrogen-bond acceptors (Lipinski definition) is 2. The molecule has 0 spiro atoms. The van der Waals surface area contributed by atoms with Crippen LogP contribution in [-0.4, -0.2) is 25.0 Å². The van der Waals surface area contributed by atoms with Gasteiger partial charge in [-0.2, -0.15) is 0 Å². The molecule has 94 valence electrons. The van der Waals surface area contributed by atoms with Gasteiger partial charge >= 0.3 is 0 Å². The summed E-state index contributed by atoms with van der Waals surface area (Å²) in [5, 5.41) is 0.790. The van der Waals surface area contributed by atoms with Crippen LogP contribution in [0.2, 0.25) is 5.02 Å². The second kappa shape index (κ2) is 5.70. The Kier molecular flexibility index (Phi) is 4.47. The van der Waals surface area contributed by atoms with Crippen LogP contribution >= 0.6 is 27.5 Å². The lowest BCUT2D eigenvalue weighted by Crippen LogP contribution is -2.39. The fourth-order valence-electron chi connectivity index (χ4n) is 2.74. The quantitative estimate of drug-likeness (QED) is 0.905. The molecule has 1 aromatic carbocycles. The Labute approximate surface area is 116 Å². The molecule has 0 amide bonds. The van der Waals surface area contributed by atoms with Crippen LogP contribution in [0.5, 0.6) is 0 Å². The van der Waals surface area contributed by atoms with E-state index in [1.807, 2.05) is 12.1 Å². The lowest BCUT2D eigenvalue weighted by atomic mass is 9.85. The maximum absolute atomic E-state index is 6.10. The zero-order valence-corrected chi connectivity index (χ0v) is 12.3. The molecule has 2 unspecified atom stereocenters. The highest BCUT2D eigenvalue weighted by molar-refractivity contribution is 9.10. The molecule has 1 heterocycles. The first-order chi connectivity index (χ1) is 8.13. The third kappa shape index (κ3) is 2.84. The van der Waals surface area contributed by atoms with Crippen molar-refractivity contribution in [1.29, 1.82) is 0 Å². The molecule has 17 heavy (non-hydrogen) atoms. The van der Waals surface area contributed by atoms with E-state index in [4.69, 9.17) is 17.3 Å². The molecule has 1 aliphatic heterocycles. The van der Waals surface area contributed by atoms with Crippen LogP contribution in [0.1, 0.15) is 24.4 Å². The molecule has 0 aliphatic carbocycles. The van der Waals surface area contributed by atoms with Crippen molar-refractivity contribution in [2.75, 3.05) is 20.1 Å². The van der Waals surface area contributed by atoms with E-state index in [0.717, 1.165) is 22.6 Å². The summed E-state index contributed by atoms with van der Waals surface area (Å²) in [6.07, 6.45) is 2.43. The second-order valence-corrected chi connectivity index (χ2v) is 6.02. The number of piperidine rings is 1. The second-order valence-electron chi connectivity index (χ2n) is 4.73. The highest BCUT2D eigenvalue weighted by Gasteiger charge is 2.30. The smallest absolute Gasteiger partial charge is 0.0410 e. The average Bonchev–Trinajstić information content (AvgIpc) is 2.32. The predicted molar refractivity (Wildman–Crippen MR) is 76.3 cm³/mol. The molecule has 1 aromatic rings. The van der Waals surface area contributed by atoms with E-state index in [2.05, 4.69) is 33.9 Å². The Hall–Kier alpha value is -0.0900. The van der Waals surface area contributed by atoms with Crippen molar-refractivity contribution >= 4 is 27.5 Å². The van der Waals surface area contributed by atoms with Gasteiger partial charge in [0.25, 0.3) is 0 Å². The molecule has 0 aromatic heterocycles. The van der Waals surface area contributed by atoms with Gasteiger partial charge in [-0.05, 0) is 62.7 Å². The number of nitrogens with zero attached hydrogens (tertiary/aromatic N) is 1. The van der Waals surface area contributed by atoms with Gasteiger partial charge in [0.2, 0.25) is 0 Å². The van der Waals surface area contributed by atoms with Crippen molar-refractivity contribution in [1.82, 2.24) is 4.90 Å². The number of hydrogen-bond donors (Lipinski definition) is 1. The molecule has 4 heteroatoms. The van der Waals surface area contributed by atoms with E-state index in [-0.39, 0.29) is 0 Å². The van der Waals surface area contributed by atoms with Crippen molar-refractivity contribution in [3.63, 3.8) is 0 Å². The average molecular weight is 318 g/mol. The Morgan fingerprint density at radius 1 is 1.53 bits per heavy atom. The van der Waals surface area contributed by atoms with Gasteiger partial charge in [-0.15, -0.1) is 0 Å². The van der Waals surface area contributed by atoms with Crippen LogP contribution in [0, 0.1) is 5.92 Å². The van der Waals surface area contributed by atoms with Crippen molar-refractivity contribution in [3.05, 3.63) is 33.3 Å². The van der Waals surface area contributed by atoms with Gasteiger partial charge in [0.05, 0.1) is 0 Å². The summed E-state index contributed by atoms with van der Waals surface area (Å²) in [6, 6.07) is 6.37. The minimum atomic E-state index is 0.377. The van der Waals surface area contributed by atoms with Gasteiger partial charge in [0.15, 0.2) is 0 Å². The molecule has 2 rings (SSSR count). The van der Waals surface area contributed by atoms with Crippen LogP contribution in [0.3, 0.4) is 0 Å². The SMILES string of the molecule is CN1CCCC(CN)C1c1cc(Cl)ccc1Br. The molecule has 2 atom stereocenters. The van der Waals surface area contributed by atoms with E-state index in [0.29, 0.717) is 12.0 Å². The topological polar surface area (TPSA) is 29.3 Å². The standard InChI is InChI=1S/C13H18BrClN2/c1-17-6-2-3-9(8-16)13(17)11-7-10(15)4-5-12(11)14/h4-5,7,9,13H,2-3,6,8,16H2,1H3. The summed E-state index contributed by atoms with van der Waals surface area (Å²) < 4.78 is 1.12. The molecule has 2 nitrogen and oxygen atoms in total. The van der Waals surface area contributed by atoms with Crippen molar-refractivity contribution < 1.29 is 0 Å². The third-order valence-electron chi connectivity index (χ3n) is 3.59. The van der Waals surface area contributed by atoms with Crippen LogP contribution in [0.25, 0.3) is 0 Å². The Morgan fingerprint density at radius 2 is 2.29 bits per heavy atom. The van der Waals surface area contributed by atoms with Crippen LogP contribution < -0.4 is 5.73 Å². The zero-order chi connectivity index (χ0) is 12.4. The largest absolute Gasteiger partial charge is 0.330 e. The maximum Gasteiger partial charge on any atom is 0.0410 e. The normalized spacial score (nSPS) is 26.1. The molecular weight excluding hydrogens is 300 g/mol. The fraction of sp³-hybridized carbons (Fsp3) is 0.538.